The molecule has 4 rings (SSSR count). The van der Waals surface area contributed by atoms with Crippen molar-refractivity contribution in [3.8, 4) is 11.3 Å². The standard InChI is InChI=1S/C23H28N2O4/c1-3-28-22(27)23(11-4-12-25(15-23)21(26)18-9-10-18)14-19-13-20(24-29-19)17-7-5-16(2)6-8-17/h5-8,13,18H,3-4,9-12,14-15H2,1-2H3/t23-/m0/s1. The number of likely N-dealkylation sites (tertiary alicyclic amines) is 1. The van der Waals surface area contributed by atoms with Crippen LogP contribution < -0.4 is 0 Å². The van der Waals surface area contributed by atoms with Gasteiger partial charge < -0.3 is 14.2 Å². The van der Waals surface area contributed by atoms with Crippen LogP contribution in [-0.4, -0.2) is 41.6 Å². The molecule has 0 N–H and O–H groups in total. The van der Waals surface area contributed by atoms with Gasteiger partial charge in [0.2, 0.25) is 5.91 Å². The van der Waals surface area contributed by atoms with Crippen molar-refractivity contribution in [2.24, 2.45) is 11.3 Å². The van der Waals surface area contributed by atoms with Crippen molar-refractivity contribution in [2.45, 2.75) is 46.0 Å². The molecule has 1 saturated carbocycles. The second-order valence-corrected chi connectivity index (χ2v) is 8.36. The third-order valence-corrected chi connectivity index (χ3v) is 5.94. The molecule has 1 atom stereocenters. The summed E-state index contributed by atoms with van der Waals surface area (Å²) >= 11 is 0. The maximum atomic E-state index is 13.0. The summed E-state index contributed by atoms with van der Waals surface area (Å²) in [6, 6.07) is 9.98. The average Bonchev–Trinajstić information content (AvgIpc) is 3.48. The summed E-state index contributed by atoms with van der Waals surface area (Å²) < 4.78 is 11.0. The molecule has 6 heteroatoms. The summed E-state index contributed by atoms with van der Waals surface area (Å²) in [5.74, 6) is 0.721. The van der Waals surface area contributed by atoms with E-state index in [9.17, 15) is 9.59 Å². The smallest absolute Gasteiger partial charge is 0.314 e. The first-order chi connectivity index (χ1) is 14.0. The summed E-state index contributed by atoms with van der Waals surface area (Å²) in [7, 11) is 0. The Balaban J connectivity index is 1.56. The molecule has 2 aliphatic rings. The first-order valence-corrected chi connectivity index (χ1v) is 10.5. The van der Waals surface area contributed by atoms with Crippen LogP contribution in [-0.2, 0) is 20.7 Å². The molecule has 2 aromatic rings. The molecule has 2 fully saturated rings. The minimum Gasteiger partial charge on any atom is -0.466 e. The minimum atomic E-state index is -0.775. The first kappa shape index (κ1) is 19.7. The number of aromatic nitrogens is 1. The van der Waals surface area contributed by atoms with Gasteiger partial charge >= 0.3 is 5.97 Å². The zero-order valence-electron chi connectivity index (χ0n) is 17.1. The molecule has 1 amide bonds. The summed E-state index contributed by atoms with van der Waals surface area (Å²) in [4.78, 5) is 27.5. The van der Waals surface area contributed by atoms with Crippen LogP contribution in [0.4, 0.5) is 0 Å². The SMILES string of the molecule is CCOC(=O)[C@]1(Cc2cc(-c3ccc(C)cc3)no2)CCCN(C(=O)C2CC2)C1. The lowest BCUT2D eigenvalue weighted by Crippen LogP contribution is -2.52. The van der Waals surface area contributed by atoms with Crippen molar-refractivity contribution < 1.29 is 18.8 Å². The van der Waals surface area contributed by atoms with E-state index in [-0.39, 0.29) is 17.8 Å². The van der Waals surface area contributed by atoms with E-state index in [0.717, 1.165) is 30.5 Å². The molecular weight excluding hydrogens is 368 g/mol. The second kappa shape index (κ2) is 8.01. The molecule has 0 spiro atoms. The van der Waals surface area contributed by atoms with Crippen molar-refractivity contribution in [1.29, 1.82) is 0 Å². The molecule has 154 valence electrons. The zero-order chi connectivity index (χ0) is 20.4. The van der Waals surface area contributed by atoms with E-state index in [4.69, 9.17) is 9.26 Å². The van der Waals surface area contributed by atoms with E-state index in [0.29, 0.717) is 38.3 Å². The van der Waals surface area contributed by atoms with E-state index in [1.165, 1.54) is 5.56 Å². The maximum absolute atomic E-state index is 13.0. The number of carbonyl (C=O) groups is 2. The number of aryl methyl sites for hydroxylation is 1. The highest BCUT2D eigenvalue weighted by molar-refractivity contribution is 5.83. The van der Waals surface area contributed by atoms with Gasteiger partial charge in [0.1, 0.15) is 11.5 Å². The van der Waals surface area contributed by atoms with Gasteiger partial charge in [-0.2, -0.15) is 0 Å². The molecule has 1 aromatic heterocycles. The zero-order valence-corrected chi connectivity index (χ0v) is 17.1. The number of esters is 1. The highest BCUT2D eigenvalue weighted by atomic mass is 16.5. The molecular formula is C23H28N2O4. The first-order valence-electron chi connectivity index (χ1n) is 10.5. The van der Waals surface area contributed by atoms with Crippen LogP contribution in [0.3, 0.4) is 0 Å². The van der Waals surface area contributed by atoms with Crippen molar-refractivity contribution in [1.82, 2.24) is 10.1 Å². The molecule has 0 bridgehead atoms. The van der Waals surface area contributed by atoms with E-state index in [1.807, 2.05) is 49.1 Å². The number of piperidine rings is 1. The number of amides is 1. The Morgan fingerprint density at radius 2 is 2.03 bits per heavy atom. The van der Waals surface area contributed by atoms with Crippen LogP contribution in [0.2, 0.25) is 0 Å². The number of hydrogen-bond donors (Lipinski definition) is 0. The number of ether oxygens (including phenoxy) is 1. The van der Waals surface area contributed by atoms with Gasteiger partial charge in [-0.15, -0.1) is 0 Å². The van der Waals surface area contributed by atoms with Crippen LogP contribution in [0.15, 0.2) is 34.9 Å². The van der Waals surface area contributed by atoms with Crippen molar-refractivity contribution in [3.05, 3.63) is 41.7 Å². The molecule has 1 aliphatic carbocycles. The molecule has 2 heterocycles. The maximum Gasteiger partial charge on any atom is 0.314 e. The van der Waals surface area contributed by atoms with Gasteiger partial charge in [0.25, 0.3) is 0 Å². The number of hydrogen-bond acceptors (Lipinski definition) is 5. The van der Waals surface area contributed by atoms with Gasteiger partial charge in [0.05, 0.1) is 12.0 Å². The van der Waals surface area contributed by atoms with Gasteiger partial charge in [-0.05, 0) is 39.5 Å². The van der Waals surface area contributed by atoms with E-state index < -0.39 is 5.41 Å². The summed E-state index contributed by atoms with van der Waals surface area (Å²) in [5, 5.41) is 4.20. The van der Waals surface area contributed by atoms with Crippen LogP contribution in [0, 0.1) is 18.3 Å². The Hall–Kier alpha value is -2.63. The molecule has 1 saturated heterocycles. The van der Waals surface area contributed by atoms with Crippen molar-refractivity contribution >= 4 is 11.9 Å². The Bertz CT molecular complexity index is 885. The molecule has 0 radical (unpaired) electrons. The van der Waals surface area contributed by atoms with Gasteiger partial charge in [-0.1, -0.05) is 35.0 Å². The number of nitrogens with zero attached hydrogens (tertiary/aromatic N) is 2. The van der Waals surface area contributed by atoms with Crippen LogP contribution >= 0.6 is 0 Å². The largest absolute Gasteiger partial charge is 0.466 e. The molecule has 1 aromatic carbocycles. The van der Waals surface area contributed by atoms with E-state index >= 15 is 0 Å². The van der Waals surface area contributed by atoms with Crippen LogP contribution in [0.25, 0.3) is 11.3 Å². The third kappa shape index (κ3) is 4.21. The lowest BCUT2D eigenvalue weighted by molar-refractivity contribution is -0.161. The normalized spacial score (nSPS) is 21.8. The summed E-state index contributed by atoms with van der Waals surface area (Å²) in [6.45, 7) is 5.27. The summed E-state index contributed by atoms with van der Waals surface area (Å²) in [5.41, 5.74) is 2.13. The fourth-order valence-corrected chi connectivity index (χ4v) is 4.17. The highest BCUT2D eigenvalue weighted by Gasteiger charge is 2.47. The van der Waals surface area contributed by atoms with Gasteiger partial charge in [0.15, 0.2) is 0 Å². The number of benzene rings is 1. The number of rotatable bonds is 6. The Morgan fingerprint density at radius 3 is 2.72 bits per heavy atom. The Labute approximate surface area is 171 Å². The lowest BCUT2D eigenvalue weighted by atomic mass is 9.76. The van der Waals surface area contributed by atoms with Crippen LogP contribution in [0.1, 0.15) is 43.9 Å². The Kier molecular flexibility index (Phi) is 5.43. The summed E-state index contributed by atoms with van der Waals surface area (Å²) in [6.07, 6.45) is 3.78. The van der Waals surface area contributed by atoms with Crippen LogP contribution in [0.5, 0.6) is 0 Å². The highest BCUT2D eigenvalue weighted by Crippen LogP contribution is 2.39. The third-order valence-electron chi connectivity index (χ3n) is 5.94. The molecule has 6 nitrogen and oxygen atoms in total. The quantitative estimate of drug-likeness (QED) is 0.695. The predicted molar refractivity (Wildman–Crippen MR) is 108 cm³/mol. The monoisotopic (exact) mass is 396 g/mol. The van der Waals surface area contributed by atoms with E-state index in [1.54, 1.807) is 0 Å². The fraction of sp³-hybridized carbons (Fsp3) is 0.522. The molecule has 1 aliphatic heterocycles. The topological polar surface area (TPSA) is 72.6 Å². The molecule has 29 heavy (non-hydrogen) atoms. The lowest BCUT2D eigenvalue weighted by Gasteiger charge is -2.40. The van der Waals surface area contributed by atoms with Crippen molar-refractivity contribution in [3.63, 3.8) is 0 Å². The van der Waals surface area contributed by atoms with E-state index in [2.05, 4.69) is 5.16 Å². The van der Waals surface area contributed by atoms with Gasteiger partial charge in [0, 0.05) is 37.1 Å². The average molecular weight is 396 g/mol. The predicted octanol–water partition coefficient (Wildman–Crippen LogP) is 3.77. The van der Waals surface area contributed by atoms with Gasteiger partial charge in [-0.3, -0.25) is 9.59 Å². The van der Waals surface area contributed by atoms with Crippen molar-refractivity contribution in [2.75, 3.05) is 19.7 Å². The van der Waals surface area contributed by atoms with Gasteiger partial charge in [-0.25, -0.2) is 0 Å². The minimum absolute atomic E-state index is 0.145. The fourth-order valence-electron chi connectivity index (χ4n) is 4.17. The Morgan fingerprint density at radius 1 is 1.28 bits per heavy atom. The second-order valence-electron chi connectivity index (χ2n) is 8.36. The number of carbonyl (C=O) groups excluding carboxylic acids is 2. The molecule has 0 unspecified atom stereocenters.